The van der Waals surface area contributed by atoms with Gasteiger partial charge in [0, 0.05) is 23.8 Å². The molecular weight excluding hydrogens is 415 g/mol. The number of hydrogen-bond donors (Lipinski definition) is 0. The molecule has 2 aromatic carbocycles. The summed E-state index contributed by atoms with van der Waals surface area (Å²) in [6, 6.07) is 19.1. The average molecular weight is 437 g/mol. The summed E-state index contributed by atoms with van der Waals surface area (Å²) in [5.74, 6) is 0.118. The number of aromatic nitrogens is 1. The van der Waals surface area contributed by atoms with Crippen molar-refractivity contribution in [3.8, 4) is 5.75 Å². The second kappa shape index (κ2) is 11.1. The molecule has 31 heavy (non-hydrogen) atoms. The van der Waals surface area contributed by atoms with Crippen molar-refractivity contribution in [2.75, 3.05) is 6.61 Å². The molecule has 158 valence electrons. The molecule has 0 N–H and O–H groups in total. The van der Waals surface area contributed by atoms with Crippen molar-refractivity contribution in [3.63, 3.8) is 0 Å². The lowest BCUT2D eigenvalue weighted by molar-refractivity contribution is -0.127. The Morgan fingerprint density at radius 2 is 1.90 bits per heavy atom. The van der Waals surface area contributed by atoms with E-state index in [2.05, 4.69) is 11.6 Å². The number of pyridine rings is 1. The van der Waals surface area contributed by atoms with Crippen LogP contribution in [0.5, 0.6) is 5.75 Å². The third-order valence-electron chi connectivity index (χ3n) is 4.35. The van der Waals surface area contributed by atoms with Crippen molar-refractivity contribution in [2.24, 2.45) is 0 Å². The maximum atomic E-state index is 13.4. The number of halogens is 2. The number of ether oxygens (including phenoxy) is 1. The number of carbonyl (C=O) groups excluding carboxylic acids is 1. The Kier molecular flexibility index (Phi) is 7.96. The van der Waals surface area contributed by atoms with E-state index in [4.69, 9.17) is 16.3 Å². The van der Waals surface area contributed by atoms with Gasteiger partial charge in [0.2, 0.25) is 5.91 Å². The molecule has 0 unspecified atom stereocenters. The average Bonchev–Trinajstić information content (AvgIpc) is 2.77. The third-order valence-corrected chi connectivity index (χ3v) is 4.46. The van der Waals surface area contributed by atoms with E-state index in [1.807, 2.05) is 42.5 Å². The first-order valence-corrected chi connectivity index (χ1v) is 10.0. The molecule has 0 bridgehead atoms. The second-order valence-corrected chi connectivity index (χ2v) is 7.39. The molecule has 0 fully saturated rings. The van der Waals surface area contributed by atoms with Crippen LogP contribution in [-0.2, 0) is 17.9 Å². The first kappa shape index (κ1) is 22.2. The van der Waals surface area contributed by atoms with Gasteiger partial charge in [-0.15, -0.1) is 0 Å². The van der Waals surface area contributed by atoms with Gasteiger partial charge in [-0.2, -0.15) is 0 Å². The van der Waals surface area contributed by atoms with Gasteiger partial charge in [0.1, 0.15) is 18.2 Å². The zero-order chi connectivity index (χ0) is 22.1. The Labute approximate surface area is 186 Å². The molecule has 1 amide bonds. The van der Waals surface area contributed by atoms with E-state index in [1.165, 1.54) is 18.2 Å². The number of benzene rings is 2. The van der Waals surface area contributed by atoms with Crippen LogP contribution in [0.4, 0.5) is 4.39 Å². The van der Waals surface area contributed by atoms with Crippen molar-refractivity contribution >= 4 is 23.6 Å². The van der Waals surface area contributed by atoms with Crippen molar-refractivity contribution in [3.05, 3.63) is 113 Å². The number of carbonyl (C=O) groups is 1. The quantitative estimate of drug-likeness (QED) is 0.410. The van der Waals surface area contributed by atoms with E-state index >= 15 is 0 Å². The summed E-state index contributed by atoms with van der Waals surface area (Å²) >= 11 is 5.73. The van der Waals surface area contributed by atoms with Gasteiger partial charge in [0.05, 0.1) is 12.2 Å². The molecule has 4 nitrogen and oxygen atoms in total. The Bertz CT molecular complexity index is 1050. The molecule has 3 rings (SSSR count). The van der Waals surface area contributed by atoms with Crippen LogP contribution in [0.15, 0.2) is 90.6 Å². The van der Waals surface area contributed by atoms with Gasteiger partial charge in [-0.1, -0.05) is 48.5 Å². The van der Waals surface area contributed by atoms with Crippen LogP contribution in [0.3, 0.4) is 0 Å². The smallest absolute Gasteiger partial charge is 0.247 e. The second-order valence-electron chi connectivity index (χ2n) is 6.85. The van der Waals surface area contributed by atoms with Crippen molar-refractivity contribution in [2.45, 2.75) is 13.1 Å². The van der Waals surface area contributed by atoms with Crippen LogP contribution in [0, 0.1) is 5.82 Å². The highest BCUT2D eigenvalue weighted by Crippen LogP contribution is 2.17. The predicted molar refractivity (Wildman–Crippen MR) is 121 cm³/mol. The highest BCUT2D eigenvalue weighted by molar-refractivity contribution is 6.29. The van der Waals surface area contributed by atoms with Gasteiger partial charge >= 0.3 is 0 Å². The largest absolute Gasteiger partial charge is 0.488 e. The zero-order valence-corrected chi connectivity index (χ0v) is 17.6. The molecule has 0 aliphatic carbocycles. The summed E-state index contributed by atoms with van der Waals surface area (Å²) in [5.41, 5.74) is 2.32. The van der Waals surface area contributed by atoms with Crippen LogP contribution in [0.25, 0.3) is 6.08 Å². The molecule has 0 saturated heterocycles. The molecule has 3 aromatic rings. The molecular formula is C25H22ClFN2O2. The molecule has 0 saturated carbocycles. The van der Waals surface area contributed by atoms with Crippen LogP contribution >= 0.6 is 11.6 Å². The molecule has 0 atom stereocenters. The van der Waals surface area contributed by atoms with E-state index in [0.717, 1.165) is 11.3 Å². The number of nitrogens with zero attached hydrogens (tertiary/aromatic N) is 2. The number of rotatable bonds is 9. The maximum Gasteiger partial charge on any atom is 0.247 e. The van der Waals surface area contributed by atoms with Crippen LogP contribution in [0.1, 0.15) is 16.8 Å². The topological polar surface area (TPSA) is 42.4 Å². The SMILES string of the molecule is C=C(Cl)COc1ccc(CN(Cc2ccccn2)C(=O)C=Cc2cccc(F)c2)cc1. The molecule has 1 aromatic heterocycles. The minimum absolute atomic E-state index is 0.200. The van der Waals surface area contributed by atoms with Crippen LogP contribution in [0.2, 0.25) is 0 Å². The van der Waals surface area contributed by atoms with Crippen LogP contribution in [-0.4, -0.2) is 22.4 Å². The van der Waals surface area contributed by atoms with Crippen molar-refractivity contribution < 1.29 is 13.9 Å². The van der Waals surface area contributed by atoms with Gasteiger partial charge in [0.25, 0.3) is 0 Å². The fourth-order valence-electron chi connectivity index (χ4n) is 2.86. The van der Waals surface area contributed by atoms with E-state index in [0.29, 0.717) is 29.4 Å². The Hall–Kier alpha value is -3.44. The minimum atomic E-state index is -0.347. The first-order valence-electron chi connectivity index (χ1n) is 9.67. The number of amides is 1. The monoisotopic (exact) mass is 436 g/mol. The normalized spacial score (nSPS) is 10.8. The lowest BCUT2D eigenvalue weighted by Crippen LogP contribution is -2.28. The predicted octanol–water partition coefficient (Wildman–Crippen LogP) is 5.59. The standard InChI is InChI=1S/C25H22ClFN2O2/c1-19(26)18-31-24-11-8-21(9-12-24)16-29(17-23-7-2-3-14-28-23)25(30)13-10-20-5-4-6-22(27)15-20/h2-15H,1,16-18H2. The van der Waals surface area contributed by atoms with Gasteiger partial charge < -0.3 is 9.64 Å². The van der Waals surface area contributed by atoms with Crippen LogP contribution < -0.4 is 4.74 Å². The molecule has 6 heteroatoms. The Morgan fingerprint density at radius 1 is 1.10 bits per heavy atom. The Balaban J connectivity index is 1.74. The maximum absolute atomic E-state index is 13.4. The summed E-state index contributed by atoms with van der Waals surface area (Å²) in [4.78, 5) is 18.9. The first-order chi connectivity index (χ1) is 15.0. The molecule has 0 spiro atoms. The molecule has 0 radical (unpaired) electrons. The lowest BCUT2D eigenvalue weighted by atomic mass is 10.1. The van der Waals surface area contributed by atoms with E-state index < -0.39 is 0 Å². The number of hydrogen-bond acceptors (Lipinski definition) is 3. The third kappa shape index (κ3) is 7.39. The van der Waals surface area contributed by atoms with Gasteiger partial charge in [-0.05, 0) is 53.6 Å². The summed E-state index contributed by atoms with van der Waals surface area (Å²) in [7, 11) is 0. The minimum Gasteiger partial charge on any atom is -0.488 e. The molecule has 1 heterocycles. The highest BCUT2D eigenvalue weighted by atomic mass is 35.5. The van der Waals surface area contributed by atoms with Gasteiger partial charge in [0.15, 0.2) is 0 Å². The summed E-state index contributed by atoms with van der Waals surface area (Å²) in [6.07, 6.45) is 4.74. The summed E-state index contributed by atoms with van der Waals surface area (Å²) in [6.45, 7) is 4.55. The van der Waals surface area contributed by atoms with E-state index in [-0.39, 0.29) is 18.3 Å². The zero-order valence-electron chi connectivity index (χ0n) is 16.9. The van der Waals surface area contributed by atoms with Crippen molar-refractivity contribution in [1.29, 1.82) is 0 Å². The summed E-state index contributed by atoms with van der Waals surface area (Å²) < 4.78 is 18.9. The van der Waals surface area contributed by atoms with Crippen molar-refractivity contribution in [1.82, 2.24) is 9.88 Å². The van der Waals surface area contributed by atoms with Gasteiger partial charge in [-0.3, -0.25) is 9.78 Å². The molecule has 0 aliphatic heterocycles. The summed E-state index contributed by atoms with van der Waals surface area (Å²) in [5, 5.41) is 0.418. The molecule has 0 aliphatic rings. The Morgan fingerprint density at radius 3 is 2.58 bits per heavy atom. The van der Waals surface area contributed by atoms with Gasteiger partial charge in [-0.25, -0.2) is 4.39 Å². The van der Waals surface area contributed by atoms with E-state index in [9.17, 15) is 9.18 Å². The highest BCUT2D eigenvalue weighted by Gasteiger charge is 2.13. The lowest BCUT2D eigenvalue weighted by Gasteiger charge is -2.21. The van der Waals surface area contributed by atoms with E-state index in [1.54, 1.807) is 29.3 Å². The fraction of sp³-hybridized carbons (Fsp3) is 0.120. The fourth-order valence-corrected chi connectivity index (χ4v) is 2.91.